The van der Waals surface area contributed by atoms with Gasteiger partial charge in [0.05, 0.1) is 16.6 Å². The van der Waals surface area contributed by atoms with Crippen LogP contribution in [-0.4, -0.2) is 51.0 Å². The highest BCUT2D eigenvalue weighted by molar-refractivity contribution is 7.89. The summed E-state index contributed by atoms with van der Waals surface area (Å²) in [5.41, 5.74) is -1.17. The van der Waals surface area contributed by atoms with E-state index in [-0.39, 0.29) is 43.9 Å². The lowest BCUT2D eigenvalue weighted by molar-refractivity contribution is -0.139. The van der Waals surface area contributed by atoms with Gasteiger partial charge in [-0.25, -0.2) is 8.42 Å². The van der Waals surface area contributed by atoms with Gasteiger partial charge in [-0.2, -0.15) is 17.5 Å². The van der Waals surface area contributed by atoms with Crippen LogP contribution in [0.1, 0.15) is 31.2 Å². The molecule has 2 heterocycles. The van der Waals surface area contributed by atoms with Crippen molar-refractivity contribution >= 4 is 15.9 Å². The van der Waals surface area contributed by atoms with Gasteiger partial charge in [-0.15, -0.1) is 0 Å². The molecule has 3 rings (SSSR count). The molecule has 1 aromatic rings. The largest absolute Gasteiger partial charge is 0.417 e. The first-order chi connectivity index (χ1) is 13.2. The number of sulfonamides is 1. The van der Waals surface area contributed by atoms with E-state index in [9.17, 15) is 26.4 Å². The number of piperidine rings is 1. The highest BCUT2D eigenvalue weighted by atomic mass is 32.2. The highest BCUT2D eigenvalue weighted by Gasteiger charge is 2.40. The summed E-state index contributed by atoms with van der Waals surface area (Å²) < 4.78 is 71.5. The van der Waals surface area contributed by atoms with E-state index in [1.807, 2.05) is 0 Å². The second-order valence-electron chi connectivity index (χ2n) is 7.05. The molecule has 0 aliphatic carbocycles. The maximum absolute atomic E-state index is 13.2. The van der Waals surface area contributed by atoms with Crippen molar-refractivity contribution in [2.45, 2.75) is 42.9 Å². The number of amides is 1. The predicted molar refractivity (Wildman–Crippen MR) is 94.9 cm³/mol. The van der Waals surface area contributed by atoms with Gasteiger partial charge in [0.1, 0.15) is 0 Å². The number of halogens is 3. The van der Waals surface area contributed by atoms with Gasteiger partial charge >= 0.3 is 6.18 Å². The second kappa shape index (κ2) is 8.38. The number of nitrogens with zero attached hydrogens (tertiary/aromatic N) is 1. The molecule has 2 saturated heterocycles. The zero-order valence-corrected chi connectivity index (χ0v) is 16.1. The molecule has 10 heteroatoms. The number of hydrogen-bond acceptors (Lipinski definition) is 4. The van der Waals surface area contributed by atoms with Crippen LogP contribution in [0.4, 0.5) is 13.2 Å². The highest BCUT2D eigenvalue weighted by Crippen LogP contribution is 2.36. The number of carbonyl (C=O) groups excluding carboxylic acids is 1. The molecule has 0 radical (unpaired) electrons. The molecular formula is C18H23F3N2O4S. The van der Waals surface area contributed by atoms with Crippen molar-refractivity contribution in [2.75, 3.05) is 26.2 Å². The van der Waals surface area contributed by atoms with E-state index in [0.29, 0.717) is 13.2 Å². The Morgan fingerprint density at radius 1 is 1.18 bits per heavy atom. The summed E-state index contributed by atoms with van der Waals surface area (Å²) in [5.74, 6) is -0.519. The van der Waals surface area contributed by atoms with Gasteiger partial charge in [0.25, 0.3) is 0 Å². The lowest BCUT2D eigenvalue weighted by Crippen LogP contribution is -2.44. The smallest absolute Gasteiger partial charge is 0.376 e. The molecular weight excluding hydrogens is 397 g/mol. The van der Waals surface area contributed by atoms with Gasteiger partial charge < -0.3 is 10.1 Å². The monoisotopic (exact) mass is 420 g/mol. The Hall–Kier alpha value is -1.65. The minimum absolute atomic E-state index is 0.00649. The van der Waals surface area contributed by atoms with E-state index >= 15 is 0 Å². The summed E-state index contributed by atoms with van der Waals surface area (Å²) >= 11 is 0. The number of carbonyl (C=O) groups is 1. The van der Waals surface area contributed by atoms with Crippen LogP contribution >= 0.6 is 0 Å². The molecule has 2 aliphatic heterocycles. The minimum atomic E-state index is -4.76. The van der Waals surface area contributed by atoms with Crippen LogP contribution in [0.5, 0.6) is 0 Å². The maximum atomic E-state index is 13.2. The molecule has 1 atom stereocenters. The van der Waals surface area contributed by atoms with E-state index in [1.54, 1.807) is 0 Å². The van der Waals surface area contributed by atoms with E-state index in [0.717, 1.165) is 35.3 Å². The zero-order chi connectivity index (χ0) is 20.4. The van der Waals surface area contributed by atoms with Gasteiger partial charge in [0.2, 0.25) is 15.9 Å². The fraction of sp³-hybridized carbons (Fsp3) is 0.611. The van der Waals surface area contributed by atoms with Crippen molar-refractivity contribution in [3.8, 4) is 0 Å². The number of benzene rings is 1. The van der Waals surface area contributed by atoms with Crippen molar-refractivity contribution < 1.29 is 31.1 Å². The summed E-state index contributed by atoms with van der Waals surface area (Å²) in [6.07, 6.45) is -2.34. The standard InChI is InChI=1S/C18H23F3N2O4S/c19-18(20,21)15-5-1-2-6-16(15)28(25,26)23-9-7-13(8-10-23)17(24)22-12-14-4-3-11-27-14/h1-2,5-6,13-14H,3-4,7-12H2,(H,22,24). The Morgan fingerprint density at radius 3 is 2.46 bits per heavy atom. The normalized spacial score (nSPS) is 22.3. The Bertz CT molecular complexity index is 799. The van der Waals surface area contributed by atoms with Gasteiger partial charge in [-0.1, -0.05) is 12.1 Å². The SMILES string of the molecule is O=C(NCC1CCCO1)C1CCN(S(=O)(=O)c2ccccc2C(F)(F)F)CC1. The molecule has 156 valence electrons. The molecule has 0 aromatic heterocycles. The van der Waals surface area contributed by atoms with Crippen molar-refractivity contribution in [3.63, 3.8) is 0 Å². The molecule has 6 nitrogen and oxygen atoms in total. The molecule has 1 amide bonds. The Labute approximate surface area is 162 Å². The summed E-state index contributed by atoms with van der Waals surface area (Å²) in [7, 11) is -4.29. The first-order valence-corrected chi connectivity index (χ1v) is 10.7. The number of alkyl halides is 3. The topological polar surface area (TPSA) is 75.7 Å². The number of rotatable bonds is 5. The predicted octanol–water partition coefficient (Wildman–Crippen LogP) is 2.40. The molecule has 2 fully saturated rings. The summed E-state index contributed by atoms with van der Waals surface area (Å²) in [6.45, 7) is 1.13. The third-order valence-electron chi connectivity index (χ3n) is 5.16. The average Bonchev–Trinajstić information content (AvgIpc) is 3.19. The molecule has 2 aliphatic rings. The van der Waals surface area contributed by atoms with E-state index in [2.05, 4.69) is 5.32 Å². The number of hydrogen-bond donors (Lipinski definition) is 1. The van der Waals surface area contributed by atoms with Crippen LogP contribution in [0, 0.1) is 5.92 Å². The Balaban J connectivity index is 1.62. The maximum Gasteiger partial charge on any atom is 0.417 e. The van der Waals surface area contributed by atoms with E-state index < -0.39 is 26.7 Å². The van der Waals surface area contributed by atoms with Crippen molar-refractivity contribution in [3.05, 3.63) is 29.8 Å². The van der Waals surface area contributed by atoms with Crippen LogP contribution in [0.3, 0.4) is 0 Å². The molecule has 0 bridgehead atoms. The van der Waals surface area contributed by atoms with Crippen molar-refractivity contribution in [1.29, 1.82) is 0 Å². The lowest BCUT2D eigenvalue weighted by atomic mass is 9.97. The molecule has 0 spiro atoms. The lowest BCUT2D eigenvalue weighted by Gasteiger charge is -2.31. The average molecular weight is 420 g/mol. The Kier molecular flexibility index (Phi) is 6.31. The van der Waals surface area contributed by atoms with Crippen molar-refractivity contribution in [1.82, 2.24) is 9.62 Å². The quantitative estimate of drug-likeness (QED) is 0.794. The number of ether oxygens (including phenoxy) is 1. The van der Waals surface area contributed by atoms with Crippen LogP contribution < -0.4 is 5.32 Å². The van der Waals surface area contributed by atoms with E-state index in [4.69, 9.17) is 4.74 Å². The first-order valence-electron chi connectivity index (χ1n) is 9.25. The van der Waals surface area contributed by atoms with Gasteiger partial charge in [0.15, 0.2) is 0 Å². The second-order valence-corrected chi connectivity index (χ2v) is 8.96. The van der Waals surface area contributed by atoms with Gasteiger partial charge in [-0.05, 0) is 37.8 Å². The molecule has 1 N–H and O–H groups in total. The fourth-order valence-electron chi connectivity index (χ4n) is 3.59. The third kappa shape index (κ3) is 4.66. The van der Waals surface area contributed by atoms with Crippen LogP contribution in [0.25, 0.3) is 0 Å². The first kappa shape index (κ1) is 21.1. The summed E-state index contributed by atoms with van der Waals surface area (Å²) in [4.78, 5) is 11.5. The van der Waals surface area contributed by atoms with Crippen LogP contribution in [0.15, 0.2) is 29.2 Å². The third-order valence-corrected chi connectivity index (χ3v) is 7.12. The van der Waals surface area contributed by atoms with Gasteiger partial charge in [0, 0.05) is 32.2 Å². The van der Waals surface area contributed by atoms with E-state index in [1.165, 1.54) is 6.07 Å². The fourth-order valence-corrected chi connectivity index (χ4v) is 5.27. The number of nitrogens with one attached hydrogen (secondary N) is 1. The van der Waals surface area contributed by atoms with Gasteiger partial charge in [-0.3, -0.25) is 4.79 Å². The van der Waals surface area contributed by atoms with Crippen LogP contribution in [0.2, 0.25) is 0 Å². The minimum Gasteiger partial charge on any atom is -0.376 e. The van der Waals surface area contributed by atoms with Crippen molar-refractivity contribution in [2.24, 2.45) is 5.92 Å². The zero-order valence-electron chi connectivity index (χ0n) is 15.2. The molecule has 1 aromatic carbocycles. The molecule has 0 saturated carbocycles. The van der Waals surface area contributed by atoms with Crippen LogP contribution in [-0.2, 0) is 25.7 Å². The molecule has 28 heavy (non-hydrogen) atoms. The summed E-state index contributed by atoms with van der Waals surface area (Å²) in [6, 6.07) is 4.16. The molecule has 1 unspecified atom stereocenters. The Morgan fingerprint density at radius 2 is 1.86 bits per heavy atom. The summed E-state index contributed by atoms with van der Waals surface area (Å²) in [5, 5.41) is 2.83.